The normalized spacial score (nSPS) is 58.9. The van der Waals surface area contributed by atoms with E-state index in [2.05, 4.69) is 34.6 Å². The SMILES string of the molecule is C[C@@H]1O[C@@H](O[C@H]2[C@H](O[C@H]3[C@H](O[C@H]4CC[C@]56C[C@]57CC[C@]5(C)[C@@H]([C@@]8(C)CC[C@H](O)C(C)(C)O8)[C@@H](O)C[C@@]5(C)[C@@H]7C[C@H](O[C@@H]5O[C@H](CO)[C@@H](O)[C@H](O)[C@H]5O)[C@H]6C4(C)C)OC[C@@H](O)[C@@H]3O)OC[C@H](O)[C@@H]2O)[C@H](O)[C@H](O)[C@H]1O. The molecule has 30 atom stereocenters. The van der Waals surface area contributed by atoms with Gasteiger partial charge in [0.2, 0.25) is 0 Å². The van der Waals surface area contributed by atoms with Crippen LogP contribution in [0.5, 0.6) is 0 Å². The van der Waals surface area contributed by atoms with E-state index in [9.17, 15) is 66.4 Å². The Morgan fingerprint density at radius 3 is 1.72 bits per heavy atom. The average molecular weight is 1060 g/mol. The predicted octanol–water partition coefficient (Wildman–Crippen LogP) is -1.96. The Bertz CT molecular complexity index is 2020. The average Bonchev–Trinajstić information content (AvgIpc) is 3.93. The van der Waals surface area contributed by atoms with E-state index in [1.807, 2.05) is 13.8 Å². The summed E-state index contributed by atoms with van der Waals surface area (Å²) in [6.45, 7) is 14.6. The molecule has 5 saturated carbocycles. The largest absolute Gasteiger partial charge is 0.394 e. The van der Waals surface area contributed by atoms with Crippen molar-refractivity contribution in [3.8, 4) is 0 Å². The maximum absolute atomic E-state index is 12.4. The first-order valence-corrected chi connectivity index (χ1v) is 27.2. The Kier molecular flexibility index (Phi) is 14.8. The first-order valence-electron chi connectivity index (χ1n) is 27.2. The van der Waals surface area contributed by atoms with Gasteiger partial charge in [0.15, 0.2) is 25.2 Å². The summed E-state index contributed by atoms with van der Waals surface area (Å²) in [4.78, 5) is 0. The highest BCUT2D eigenvalue weighted by atomic mass is 16.8. The molecule has 5 saturated heterocycles. The van der Waals surface area contributed by atoms with E-state index in [0.29, 0.717) is 38.5 Å². The second kappa shape index (κ2) is 19.4. The first-order chi connectivity index (χ1) is 34.5. The van der Waals surface area contributed by atoms with Gasteiger partial charge in [0.05, 0.1) is 61.5 Å². The highest BCUT2D eigenvalue weighted by molar-refractivity contribution is 5.33. The lowest BCUT2D eigenvalue weighted by Crippen LogP contribution is -2.66. The van der Waals surface area contributed by atoms with Gasteiger partial charge in [-0.1, -0.05) is 27.7 Å². The molecule has 0 amide bonds. The first kappa shape index (κ1) is 56.4. The molecule has 0 aromatic carbocycles. The Morgan fingerprint density at radius 2 is 1.11 bits per heavy atom. The fourth-order valence-corrected chi connectivity index (χ4v) is 17.6. The summed E-state index contributed by atoms with van der Waals surface area (Å²) in [5.74, 6) is -0.582. The fraction of sp³-hybridized carbons (Fsp3) is 1.00. The number of aliphatic hydroxyl groups is 13. The molecule has 74 heavy (non-hydrogen) atoms. The molecule has 0 unspecified atom stereocenters. The smallest absolute Gasteiger partial charge is 0.187 e. The third kappa shape index (κ3) is 8.48. The summed E-state index contributed by atoms with van der Waals surface area (Å²) >= 11 is 0. The quantitative estimate of drug-likeness (QED) is 0.106. The third-order valence-corrected chi connectivity index (χ3v) is 21.5. The molecule has 5 aliphatic carbocycles. The third-order valence-electron chi connectivity index (χ3n) is 21.5. The van der Waals surface area contributed by atoms with Crippen molar-refractivity contribution in [1.29, 1.82) is 0 Å². The maximum Gasteiger partial charge on any atom is 0.187 e. The maximum atomic E-state index is 12.4. The van der Waals surface area contributed by atoms with Crippen LogP contribution in [0.25, 0.3) is 0 Å². The van der Waals surface area contributed by atoms with E-state index in [0.717, 1.165) is 19.3 Å². The molecule has 426 valence electrons. The van der Waals surface area contributed by atoms with Gasteiger partial charge in [-0.25, -0.2) is 0 Å². The van der Waals surface area contributed by atoms with E-state index in [-0.39, 0.29) is 35.2 Å². The van der Waals surface area contributed by atoms with Crippen molar-refractivity contribution in [2.24, 2.45) is 44.8 Å². The van der Waals surface area contributed by atoms with Gasteiger partial charge in [-0.15, -0.1) is 0 Å². The molecule has 10 aliphatic rings. The lowest BCUT2D eigenvalue weighted by molar-refractivity contribution is -0.382. The van der Waals surface area contributed by atoms with E-state index >= 15 is 0 Å². The van der Waals surface area contributed by atoms with Crippen LogP contribution < -0.4 is 0 Å². The molecule has 0 aromatic rings. The lowest BCUT2D eigenvalue weighted by atomic mass is 9.41. The molecular formula is C52H86O22. The van der Waals surface area contributed by atoms with Crippen molar-refractivity contribution < 1.29 is 109 Å². The van der Waals surface area contributed by atoms with Crippen LogP contribution in [0.2, 0.25) is 0 Å². The zero-order valence-corrected chi connectivity index (χ0v) is 43.9. The zero-order valence-electron chi connectivity index (χ0n) is 43.9. The molecule has 13 N–H and O–H groups in total. The highest BCUT2D eigenvalue weighted by Crippen LogP contribution is 2.89. The van der Waals surface area contributed by atoms with Gasteiger partial charge in [-0.05, 0) is 124 Å². The van der Waals surface area contributed by atoms with E-state index in [1.165, 1.54) is 6.92 Å². The molecule has 5 heterocycles. The van der Waals surface area contributed by atoms with Crippen molar-refractivity contribution >= 4 is 0 Å². The molecule has 2 spiro atoms. The van der Waals surface area contributed by atoms with Crippen LogP contribution in [-0.2, 0) is 42.6 Å². The van der Waals surface area contributed by atoms with Crippen LogP contribution in [-0.4, -0.2) is 232 Å². The van der Waals surface area contributed by atoms with Crippen molar-refractivity contribution in [3.63, 3.8) is 0 Å². The Balaban J connectivity index is 0.953. The summed E-state index contributed by atoms with van der Waals surface area (Å²) in [6, 6.07) is 0. The zero-order chi connectivity index (χ0) is 53.8. The van der Waals surface area contributed by atoms with E-state index in [4.69, 9.17) is 42.6 Å². The molecule has 0 radical (unpaired) electrons. The molecule has 0 bridgehead atoms. The fourth-order valence-electron chi connectivity index (χ4n) is 17.6. The Hall–Kier alpha value is -0.880. The molecule has 0 aromatic heterocycles. The van der Waals surface area contributed by atoms with Gasteiger partial charge >= 0.3 is 0 Å². The highest BCUT2D eigenvalue weighted by Gasteiger charge is 2.85. The lowest BCUT2D eigenvalue weighted by Gasteiger charge is -2.66. The van der Waals surface area contributed by atoms with Gasteiger partial charge in [0.1, 0.15) is 79.4 Å². The summed E-state index contributed by atoms with van der Waals surface area (Å²) in [6.07, 6.45) is -24.5. The standard InChI is InChI=1S/C52H86O22/c1-21-30(58)34(62)36(64)42(68-21)72-39-32(60)24(56)19-67-45(39)73-38-31(59)23(55)18-66-44(38)71-29-10-12-52-20-51(52)14-13-48(6)40(50(8)11-9-28(57)47(4,5)74-50)22(54)16-49(48,7)27(51)15-25(41(52)46(29,2)3)69-43-37(65)35(63)33(61)26(17-53)70-43/h21-45,53-65H,9-20H2,1-8H3/t21-,22-,23+,24-,25-,26+,27-,28-,29-,30-,31-,32-,33+,34+,35-,36+,37+,38+,39+,40-,41-,42-,43+,44-,45-,48+,49-,50+,51-,52+/m0/s1. The van der Waals surface area contributed by atoms with Crippen LogP contribution >= 0.6 is 0 Å². The number of fused-ring (bicyclic) bond motifs is 2. The van der Waals surface area contributed by atoms with Crippen LogP contribution in [0.3, 0.4) is 0 Å². The van der Waals surface area contributed by atoms with Gasteiger partial charge in [-0.3, -0.25) is 0 Å². The Labute approximate surface area is 432 Å². The van der Waals surface area contributed by atoms with E-state index < -0.39 is 176 Å². The topological polar surface area (TPSA) is 346 Å². The van der Waals surface area contributed by atoms with Gasteiger partial charge < -0.3 is 109 Å². The van der Waals surface area contributed by atoms with Gasteiger partial charge in [-0.2, -0.15) is 0 Å². The molecule has 22 heteroatoms. The van der Waals surface area contributed by atoms with Crippen molar-refractivity contribution in [1.82, 2.24) is 0 Å². The van der Waals surface area contributed by atoms with Crippen molar-refractivity contribution in [3.05, 3.63) is 0 Å². The molecule has 10 rings (SSSR count). The van der Waals surface area contributed by atoms with Crippen molar-refractivity contribution in [2.75, 3.05) is 19.8 Å². The van der Waals surface area contributed by atoms with Crippen LogP contribution in [0.1, 0.15) is 113 Å². The minimum Gasteiger partial charge on any atom is -0.394 e. The summed E-state index contributed by atoms with van der Waals surface area (Å²) in [7, 11) is 0. The van der Waals surface area contributed by atoms with Crippen molar-refractivity contribution in [2.45, 2.75) is 259 Å². The minimum atomic E-state index is -1.79. The second-order valence-electron chi connectivity index (χ2n) is 26.2. The number of ether oxygens (including phenoxy) is 9. The van der Waals surface area contributed by atoms with Gasteiger partial charge in [0, 0.05) is 5.92 Å². The Morgan fingerprint density at radius 1 is 0.527 bits per heavy atom. The van der Waals surface area contributed by atoms with Crippen LogP contribution in [0, 0.1) is 44.8 Å². The van der Waals surface area contributed by atoms with Crippen LogP contribution in [0.15, 0.2) is 0 Å². The summed E-state index contributed by atoms with van der Waals surface area (Å²) < 4.78 is 56.8. The molecule has 10 fully saturated rings. The number of hydrogen-bond donors (Lipinski definition) is 13. The van der Waals surface area contributed by atoms with E-state index in [1.54, 1.807) is 0 Å². The summed E-state index contributed by atoms with van der Waals surface area (Å²) in [5.41, 5.74) is -3.78. The minimum absolute atomic E-state index is 0.00844. The molecule has 5 aliphatic heterocycles. The van der Waals surface area contributed by atoms with Crippen LogP contribution in [0.4, 0.5) is 0 Å². The number of hydrogen-bond acceptors (Lipinski definition) is 22. The monoisotopic (exact) mass is 1060 g/mol. The number of aliphatic hydroxyl groups excluding tert-OH is 13. The number of rotatable bonds is 10. The molecule has 22 nitrogen and oxygen atoms in total. The summed E-state index contributed by atoms with van der Waals surface area (Å²) in [5, 5.41) is 143. The predicted molar refractivity (Wildman–Crippen MR) is 252 cm³/mol. The molecular weight excluding hydrogens is 977 g/mol. The van der Waals surface area contributed by atoms with Gasteiger partial charge in [0.25, 0.3) is 0 Å². The second-order valence-corrected chi connectivity index (χ2v) is 26.2.